The molecule has 1 fully saturated rings. The molecule has 2 N–H and O–H groups in total. The van der Waals surface area contributed by atoms with Crippen molar-refractivity contribution in [3.05, 3.63) is 33.9 Å². The fourth-order valence-electron chi connectivity index (χ4n) is 2.41. The number of nitro groups is 1. The van der Waals surface area contributed by atoms with Gasteiger partial charge in [0.2, 0.25) is 5.91 Å². The first-order valence-corrected chi connectivity index (χ1v) is 6.82. The van der Waals surface area contributed by atoms with Gasteiger partial charge in [-0.05, 0) is 50.4 Å². The fraction of sp³-hybridized carbons (Fsp3) is 0.500. The molecule has 1 aromatic carbocycles. The summed E-state index contributed by atoms with van der Waals surface area (Å²) in [5.74, 6) is 0.549. The summed E-state index contributed by atoms with van der Waals surface area (Å²) in [5, 5.41) is 16.7. The SMILES string of the molecule is Cc1cc([N+](=O)[O-])ccc1NC(=O)CCC1CCNC1. The van der Waals surface area contributed by atoms with Crippen molar-refractivity contribution in [1.29, 1.82) is 0 Å². The van der Waals surface area contributed by atoms with Crippen molar-refractivity contribution < 1.29 is 9.72 Å². The molecule has 1 aliphatic heterocycles. The van der Waals surface area contributed by atoms with E-state index in [1.165, 1.54) is 12.1 Å². The molecule has 0 bridgehead atoms. The van der Waals surface area contributed by atoms with Crippen LogP contribution in [-0.2, 0) is 4.79 Å². The van der Waals surface area contributed by atoms with Crippen LogP contribution in [0.25, 0.3) is 0 Å². The largest absolute Gasteiger partial charge is 0.326 e. The van der Waals surface area contributed by atoms with E-state index >= 15 is 0 Å². The molecule has 108 valence electrons. The van der Waals surface area contributed by atoms with Crippen LogP contribution in [0.5, 0.6) is 0 Å². The third-order valence-electron chi connectivity index (χ3n) is 3.64. The third kappa shape index (κ3) is 3.77. The first-order valence-electron chi connectivity index (χ1n) is 6.82. The Kier molecular flexibility index (Phi) is 4.68. The second kappa shape index (κ2) is 6.47. The minimum absolute atomic E-state index is 0.0335. The van der Waals surface area contributed by atoms with Gasteiger partial charge in [0.1, 0.15) is 0 Å². The molecule has 0 aliphatic carbocycles. The van der Waals surface area contributed by atoms with Crippen molar-refractivity contribution in [3.63, 3.8) is 0 Å². The van der Waals surface area contributed by atoms with Gasteiger partial charge in [-0.25, -0.2) is 0 Å². The molecule has 1 heterocycles. The molecule has 2 rings (SSSR count). The van der Waals surface area contributed by atoms with E-state index < -0.39 is 4.92 Å². The second-order valence-corrected chi connectivity index (χ2v) is 5.20. The smallest absolute Gasteiger partial charge is 0.269 e. The van der Waals surface area contributed by atoms with Gasteiger partial charge in [-0.1, -0.05) is 0 Å². The van der Waals surface area contributed by atoms with Crippen LogP contribution in [0.4, 0.5) is 11.4 Å². The maximum atomic E-state index is 11.9. The Morgan fingerprint density at radius 3 is 2.95 bits per heavy atom. The highest BCUT2D eigenvalue weighted by Gasteiger charge is 2.16. The summed E-state index contributed by atoms with van der Waals surface area (Å²) in [6, 6.07) is 4.46. The Morgan fingerprint density at radius 2 is 2.35 bits per heavy atom. The zero-order valence-corrected chi connectivity index (χ0v) is 11.5. The maximum Gasteiger partial charge on any atom is 0.269 e. The van der Waals surface area contributed by atoms with Crippen molar-refractivity contribution >= 4 is 17.3 Å². The number of hydrogen-bond acceptors (Lipinski definition) is 4. The summed E-state index contributed by atoms with van der Waals surface area (Å²) in [6.07, 6.45) is 2.50. The quantitative estimate of drug-likeness (QED) is 0.638. The molecule has 6 heteroatoms. The molecule has 1 amide bonds. The molecule has 6 nitrogen and oxygen atoms in total. The molecule has 1 unspecified atom stereocenters. The van der Waals surface area contributed by atoms with E-state index in [-0.39, 0.29) is 11.6 Å². The van der Waals surface area contributed by atoms with E-state index in [9.17, 15) is 14.9 Å². The number of nitro benzene ring substituents is 1. The molecule has 20 heavy (non-hydrogen) atoms. The number of non-ortho nitro benzene ring substituents is 1. The zero-order valence-electron chi connectivity index (χ0n) is 11.5. The molecule has 0 spiro atoms. The van der Waals surface area contributed by atoms with Gasteiger partial charge in [-0.2, -0.15) is 0 Å². The van der Waals surface area contributed by atoms with Gasteiger partial charge in [0.15, 0.2) is 0 Å². The Labute approximate surface area is 117 Å². The highest BCUT2D eigenvalue weighted by Crippen LogP contribution is 2.22. The number of aryl methyl sites for hydroxylation is 1. The van der Waals surface area contributed by atoms with Crippen molar-refractivity contribution in [2.75, 3.05) is 18.4 Å². The minimum atomic E-state index is -0.439. The van der Waals surface area contributed by atoms with Crippen LogP contribution in [0.1, 0.15) is 24.8 Å². The first-order chi connectivity index (χ1) is 9.56. The van der Waals surface area contributed by atoms with Crippen LogP contribution < -0.4 is 10.6 Å². The highest BCUT2D eigenvalue weighted by atomic mass is 16.6. The Bertz CT molecular complexity index is 510. The van der Waals surface area contributed by atoms with Gasteiger partial charge >= 0.3 is 0 Å². The van der Waals surface area contributed by atoms with Crippen LogP contribution in [0.3, 0.4) is 0 Å². The van der Waals surface area contributed by atoms with Crippen LogP contribution in [0.15, 0.2) is 18.2 Å². The van der Waals surface area contributed by atoms with E-state index in [2.05, 4.69) is 10.6 Å². The molecule has 1 aliphatic rings. The molecular formula is C14H19N3O3. The summed E-state index contributed by atoms with van der Waals surface area (Å²) in [6.45, 7) is 3.78. The molecule has 1 aromatic rings. The lowest BCUT2D eigenvalue weighted by Gasteiger charge is -2.10. The van der Waals surface area contributed by atoms with Gasteiger partial charge in [-0.3, -0.25) is 14.9 Å². The summed E-state index contributed by atoms with van der Waals surface area (Å²) in [7, 11) is 0. The van der Waals surface area contributed by atoms with E-state index in [0.29, 0.717) is 23.6 Å². The number of benzene rings is 1. The van der Waals surface area contributed by atoms with Crippen LogP contribution >= 0.6 is 0 Å². The van der Waals surface area contributed by atoms with Crippen molar-refractivity contribution in [3.8, 4) is 0 Å². The highest BCUT2D eigenvalue weighted by molar-refractivity contribution is 5.91. The average molecular weight is 277 g/mol. The van der Waals surface area contributed by atoms with Crippen molar-refractivity contribution in [1.82, 2.24) is 5.32 Å². The van der Waals surface area contributed by atoms with Gasteiger partial charge in [0.25, 0.3) is 5.69 Å². The first kappa shape index (κ1) is 14.5. The number of nitrogens with one attached hydrogen (secondary N) is 2. The predicted molar refractivity (Wildman–Crippen MR) is 76.7 cm³/mol. The molecule has 1 saturated heterocycles. The Hall–Kier alpha value is -1.95. The predicted octanol–water partition coefficient (Wildman–Crippen LogP) is 2.23. The van der Waals surface area contributed by atoms with E-state index in [1.807, 2.05) is 0 Å². The lowest BCUT2D eigenvalue weighted by molar-refractivity contribution is -0.384. The monoisotopic (exact) mass is 277 g/mol. The number of amides is 1. The molecule has 0 saturated carbocycles. The summed E-state index contributed by atoms with van der Waals surface area (Å²) in [5.41, 5.74) is 1.39. The van der Waals surface area contributed by atoms with E-state index in [1.54, 1.807) is 13.0 Å². The average Bonchev–Trinajstić information content (AvgIpc) is 2.91. The van der Waals surface area contributed by atoms with Gasteiger partial charge < -0.3 is 10.6 Å². The van der Waals surface area contributed by atoms with Crippen molar-refractivity contribution in [2.45, 2.75) is 26.2 Å². The Balaban J connectivity index is 1.88. The molecule has 0 radical (unpaired) electrons. The zero-order chi connectivity index (χ0) is 14.5. The molecule has 0 aromatic heterocycles. The fourth-order valence-corrected chi connectivity index (χ4v) is 2.41. The van der Waals surface area contributed by atoms with Crippen LogP contribution in [0.2, 0.25) is 0 Å². The standard InChI is InChI=1S/C14H19N3O3/c1-10-8-12(17(19)20)3-4-13(10)16-14(18)5-2-11-6-7-15-9-11/h3-4,8,11,15H,2,5-7,9H2,1H3,(H,16,18). The van der Waals surface area contributed by atoms with Crippen molar-refractivity contribution in [2.24, 2.45) is 5.92 Å². The number of carbonyl (C=O) groups is 1. The number of nitrogens with zero attached hydrogens (tertiary/aromatic N) is 1. The van der Waals surface area contributed by atoms with Crippen LogP contribution in [0, 0.1) is 23.0 Å². The molecule has 1 atom stereocenters. The lowest BCUT2D eigenvalue weighted by Crippen LogP contribution is -2.15. The summed E-state index contributed by atoms with van der Waals surface area (Å²) in [4.78, 5) is 22.1. The topological polar surface area (TPSA) is 84.3 Å². The van der Waals surface area contributed by atoms with E-state index in [4.69, 9.17) is 0 Å². The number of carbonyl (C=O) groups excluding carboxylic acids is 1. The van der Waals surface area contributed by atoms with E-state index in [0.717, 1.165) is 25.9 Å². The maximum absolute atomic E-state index is 11.9. The molecular weight excluding hydrogens is 258 g/mol. The number of anilines is 1. The second-order valence-electron chi connectivity index (χ2n) is 5.20. The Morgan fingerprint density at radius 1 is 1.55 bits per heavy atom. The van der Waals surface area contributed by atoms with Gasteiger partial charge in [0.05, 0.1) is 4.92 Å². The normalized spacial score (nSPS) is 17.9. The van der Waals surface area contributed by atoms with Gasteiger partial charge in [-0.15, -0.1) is 0 Å². The minimum Gasteiger partial charge on any atom is -0.326 e. The number of hydrogen-bond donors (Lipinski definition) is 2. The lowest BCUT2D eigenvalue weighted by atomic mass is 10.0. The third-order valence-corrected chi connectivity index (χ3v) is 3.64. The summed E-state index contributed by atoms with van der Waals surface area (Å²) < 4.78 is 0. The van der Waals surface area contributed by atoms with Gasteiger partial charge in [0, 0.05) is 24.2 Å². The number of rotatable bonds is 5. The van der Waals surface area contributed by atoms with Crippen LogP contribution in [-0.4, -0.2) is 23.9 Å². The summed E-state index contributed by atoms with van der Waals surface area (Å²) >= 11 is 0.